The fraction of sp³-hybridized carbons (Fsp3) is 0.133. The van der Waals surface area contributed by atoms with Gasteiger partial charge in [-0.15, -0.1) is 10.2 Å². The van der Waals surface area contributed by atoms with E-state index in [0.29, 0.717) is 5.82 Å². The zero-order valence-electron chi connectivity index (χ0n) is 11.6. The minimum Gasteiger partial charge on any atom is -0.497 e. The first-order valence-electron chi connectivity index (χ1n) is 6.37. The molecule has 0 saturated heterocycles. The molecule has 3 aromatic rings. The number of rotatable bonds is 3. The Kier molecular flexibility index (Phi) is 3.70. The van der Waals surface area contributed by atoms with Gasteiger partial charge in [0.25, 0.3) is 0 Å². The minimum atomic E-state index is 0.717. The van der Waals surface area contributed by atoms with Gasteiger partial charge in [0.1, 0.15) is 11.4 Å². The van der Waals surface area contributed by atoms with Crippen molar-refractivity contribution in [2.45, 2.75) is 6.92 Å². The maximum atomic E-state index is 5.18. The Labute approximate surface area is 130 Å². The third kappa shape index (κ3) is 2.80. The highest BCUT2D eigenvalue weighted by molar-refractivity contribution is 9.10. The van der Waals surface area contributed by atoms with E-state index in [1.165, 1.54) is 0 Å². The second-order valence-corrected chi connectivity index (χ2v) is 5.41. The number of benzene rings is 1. The molecule has 2 heterocycles. The molecule has 0 aliphatic rings. The summed E-state index contributed by atoms with van der Waals surface area (Å²) in [5, 5.41) is 8.60. The monoisotopic (exact) mass is 344 g/mol. The molecule has 5 nitrogen and oxygen atoms in total. The normalized spacial score (nSPS) is 11.4. The average Bonchev–Trinajstić information content (AvgIpc) is 2.80. The number of methoxy groups -OCH3 is 1. The van der Waals surface area contributed by atoms with Crippen LogP contribution < -0.4 is 4.74 Å². The van der Waals surface area contributed by atoms with Crippen LogP contribution in [-0.2, 0) is 0 Å². The molecule has 21 heavy (non-hydrogen) atoms. The standard InChI is InChI=1S/C15H13BrN4O/c1-10-15(20-9-11(16)6-7-14(20)17-10)19-18-12-4-3-5-13(8-12)21-2/h3-9H,1-2H3. The van der Waals surface area contributed by atoms with Crippen LogP contribution in [0.3, 0.4) is 0 Å². The lowest BCUT2D eigenvalue weighted by Crippen LogP contribution is -1.83. The first-order valence-corrected chi connectivity index (χ1v) is 7.16. The van der Waals surface area contributed by atoms with Crippen LogP contribution in [-0.4, -0.2) is 16.5 Å². The van der Waals surface area contributed by atoms with Gasteiger partial charge in [0.15, 0.2) is 5.82 Å². The van der Waals surface area contributed by atoms with Crippen molar-refractivity contribution in [3.8, 4) is 5.75 Å². The number of halogens is 1. The number of aromatic nitrogens is 2. The largest absolute Gasteiger partial charge is 0.497 e. The molecule has 0 unspecified atom stereocenters. The van der Waals surface area contributed by atoms with E-state index >= 15 is 0 Å². The second-order valence-electron chi connectivity index (χ2n) is 4.50. The zero-order valence-corrected chi connectivity index (χ0v) is 13.2. The van der Waals surface area contributed by atoms with Gasteiger partial charge >= 0.3 is 0 Å². The van der Waals surface area contributed by atoms with E-state index in [1.54, 1.807) is 7.11 Å². The molecule has 2 aromatic heterocycles. The number of hydrogen-bond acceptors (Lipinski definition) is 4. The van der Waals surface area contributed by atoms with Crippen molar-refractivity contribution in [3.63, 3.8) is 0 Å². The summed E-state index contributed by atoms with van der Waals surface area (Å²) in [6.07, 6.45) is 1.93. The van der Waals surface area contributed by atoms with Crippen LogP contribution in [0.15, 0.2) is 57.3 Å². The number of pyridine rings is 1. The van der Waals surface area contributed by atoms with Gasteiger partial charge < -0.3 is 4.74 Å². The van der Waals surface area contributed by atoms with Crippen LogP contribution in [0.25, 0.3) is 5.65 Å². The lowest BCUT2D eigenvalue weighted by atomic mass is 10.3. The fourth-order valence-corrected chi connectivity index (χ4v) is 2.36. The highest BCUT2D eigenvalue weighted by Gasteiger charge is 2.08. The summed E-state index contributed by atoms with van der Waals surface area (Å²) in [6, 6.07) is 11.3. The van der Waals surface area contributed by atoms with Crippen molar-refractivity contribution < 1.29 is 4.74 Å². The van der Waals surface area contributed by atoms with Gasteiger partial charge in [-0.1, -0.05) is 6.07 Å². The Morgan fingerprint density at radius 2 is 2.05 bits per heavy atom. The summed E-state index contributed by atoms with van der Waals surface area (Å²) in [5.74, 6) is 1.47. The maximum absolute atomic E-state index is 5.18. The molecule has 0 bridgehead atoms. The van der Waals surface area contributed by atoms with E-state index in [0.717, 1.165) is 27.3 Å². The van der Waals surface area contributed by atoms with E-state index in [2.05, 4.69) is 31.1 Å². The highest BCUT2D eigenvalue weighted by Crippen LogP contribution is 2.26. The van der Waals surface area contributed by atoms with E-state index < -0.39 is 0 Å². The molecule has 0 atom stereocenters. The Morgan fingerprint density at radius 1 is 1.19 bits per heavy atom. The molecule has 106 valence electrons. The second kappa shape index (κ2) is 5.65. The van der Waals surface area contributed by atoms with Gasteiger partial charge in [-0.05, 0) is 47.1 Å². The molecule has 1 aromatic carbocycles. The lowest BCUT2D eigenvalue weighted by molar-refractivity contribution is 0.415. The van der Waals surface area contributed by atoms with Crippen LogP contribution >= 0.6 is 15.9 Å². The average molecular weight is 345 g/mol. The van der Waals surface area contributed by atoms with Crippen LogP contribution in [0.5, 0.6) is 5.75 Å². The van der Waals surface area contributed by atoms with Gasteiger partial charge in [0.05, 0.1) is 18.5 Å². The molecule has 6 heteroatoms. The Balaban J connectivity index is 2.02. The van der Waals surface area contributed by atoms with E-state index in [4.69, 9.17) is 4.74 Å². The first kappa shape index (κ1) is 13.8. The first-order chi connectivity index (χ1) is 10.2. The van der Waals surface area contributed by atoms with E-state index in [1.807, 2.05) is 53.9 Å². The predicted molar refractivity (Wildman–Crippen MR) is 84.8 cm³/mol. The molecule has 0 fully saturated rings. The number of hydrogen-bond donors (Lipinski definition) is 0. The molecule has 0 radical (unpaired) electrons. The number of nitrogens with zero attached hydrogens (tertiary/aromatic N) is 4. The summed E-state index contributed by atoms with van der Waals surface area (Å²) in [4.78, 5) is 4.46. The summed E-state index contributed by atoms with van der Waals surface area (Å²) in [7, 11) is 1.63. The van der Waals surface area contributed by atoms with Gasteiger partial charge in [-0.3, -0.25) is 4.40 Å². The van der Waals surface area contributed by atoms with Crippen molar-refractivity contribution in [2.24, 2.45) is 10.2 Å². The number of aryl methyl sites for hydroxylation is 1. The molecule has 0 spiro atoms. The molecule has 0 amide bonds. The van der Waals surface area contributed by atoms with Crippen molar-refractivity contribution >= 4 is 33.1 Å². The van der Waals surface area contributed by atoms with E-state index in [-0.39, 0.29) is 0 Å². The zero-order chi connectivity index (χ0) is 14.8. The van der Waals surface area contributed by atoms with Crippen molar-refractivity contribution in [1.29, 1.82) is 0 Å². The summed E-state index contributed by atoms with van der Waals surface area (Å²) < 4.78 is 8.05. The summed E-state index contributed by atoms with van der Waals surface area (Å²) in [6.45, 7) is 1.92. The molecule has 0 N–H and O–H groups in total. The van der Waals surface area contributed by atoms with Gasteiger partial charge in [0.2, 0.25) is 0 Å². The van der Waals surface area contributed by atoms with Crippen LogP contribution in [0.4, 0.5) is 11.5 Å². The van der Waals surface area contributed by atoms with E-state index in [9.17, 15) is 0 Å². The lowest BCUT2D eigenvalue weighted by Gasteiger charge is -2.00. The topological polar surface area (TPSA) is 51.2 Å². The molecule has 0 aliphatic carbocycles. The van der Waals surface area contributed by atoms with Gasteiger partial charge in [-0.2, -0.15) is 0 Å². The number of imidazole rings is 1. The Bertz CT molecular complexity index is 826. The Hall–Kier alpha value is -2.21. The molecule has 3 rings (SSSR count). The van der Waals surface area contributed by atoms with Crippen LogP contribution in [0.1, 0.15) is 5.69 Å². The third-order valence-electron chi connectivity index (χ3n) is 3.04. The SMILES string of the molecule is COc1cccc(N=Nc2c(C)nc3ccc(Br)cn23)c1. The van der Waals surface area contributed by atoms with Gasteiger partial charge in [-0.25, -0.2) is 4.98 Å². The maximum Gasteiger partial charge on any atom is 0.182 e. The fourth-order valence-electron chi connectivity index (χ4n) is 2.02. The summed E-state index contributed by atoms with van der Waals surface area (Å²) in [5.41, 5.74) is 2.41. The summed E-state index contributed by atoms with van der Waals surface area (Å²) >= 11 is 3.45. The number of ether oxygens (including phenoxy) is 1. The van der Waals surface area contributed by atoms with Crippen molar-refractivity contribution in [1.82, 2.24) is 9.38 Å². The molecular formula is C15H13BrN4O. The predicted octanol–water partition coefficient (Wildman–Crippen LogP) is 4.83. The minimum absolute atomic E-state index is 0.717. The third-order valence-corrected chi connectivity index (χ3v) is 3.51. The van der Waals surface area contributed by atoms with Crippen molar-refractivity contribution in [2.75, 3.05) is 7.11 Å². The highest BCUT2D eigenvalue weighted by atomic mass is 79.9. The number of azo groups is 1. The smallest absolute Gasteiger partial charge is 0.182 e. The van der Waals surface area contributed by atoms with Crippen molar-refractivity contribution in [3.05, 3.63) is 52.8 Å². The van der Waals surface area contributed by atoms with Crippen LogP contribution in [0.2, 0.25) is 0 Å². The van der Waals surface area contributed by atoms with Crippen LogP contribution in [0, 0.1) is 6.92 Å². The molecule has 0 saturated carbocycles. The number of fused-ring (bicyclic) bond motifs is 1. The quantitative estimate of drug-likeness (QED) is 0.639. The van der Waals surface area contributed by atoms with Gasteiger partial charge in [0, 0.05) is 16.7 Å². The molecular weight excluding hydrogens is 332 g/mol. The molecule has 0 aliphatic heterocycles. The Morgan fingerprint density at radius 3 is 2.86 bits per heavy atom.